The molecular formula is C20H24N6O4S. The van der Waals surface area contributed by atoms with Gasteiger partial charge in [-0.3, -0.25) is 20.4 Å². The van der Waals surface area contributed by atoms with E-state index in [2.05, 4.69) is 31.1 Å². The molecule has 31 heavy (non-hydrogen) atoms. The van der Waals surface area contributed by atoms with Crippen molar-refractivity contribution < 1.29 is 18.1 Å². The van der Waals surface area contributed by atoms with Crippen molar-refractivity contribution in [3.63, 3.8) is 0 Å². The summed E-state index contributed by atoms with van der Waals surface area (Å²) in [5, 5.41) is 12.8. The molecule has 0 saturated heterocycles. The van der Waals surface area contributed by atoms with Gasteiger partial charge in [-0.2, -0.15) is 13.4 Å². The maximum Gasteiger partial charge on any atom is 0.294 e. The second-order valence-electron chi connectivity index (χ2n) is 7.13. The molecular weight excluding hydrogens is 420 g/mol. The minimum absolute atomic E-state index is 0.0702. The topological polar surface area (TPSA) is 149 Å². The number of anilines is 3. The largest absolute Gasteiger partial charge is 0.394 e. The van der Waals surface area contributed by atoms with E-state index in [9.17, 15) is 13.5 Å². The van der Waals surface area contributed by atoms with Crippen LogP contribution in [0.4, 0.5) is 17.5 Å². The molecule has 0 saturated carbocycles. The van der Waals surface area contributed by atoms with Crippen LogP contribution in [-0.2, 0) is 10.1 Å². The van der Waals surface area contributed by atoms with Crippen LogP contribution in [-0.4, -0.2) is 45.7 Å². The average molecular weight is 445 g/mol. The SMILES string of the molecule is CC(C)[C@@H](CO)Nc1nc(NNc2ccc(S(=O)(=O)O)cc2)cc(-c2cccnc2)n1. The summed E-state index contributed by atoms with van der Waals surface area (Å²) in [6.45, 7) is 3.89. The summed E-state index contributed by atoms with van der Waals surface area (Å²) in [5.74, 6) is 0.933. The van der Waals surface area contributed by atoms with Crippen molar-refractivity contribution in [2.24, 2.45) is 5.92 Å². The number of pyridine rings is 1. The van der Waals surface area contributed by atoms with Gasteiger partial charge < -0.3 is 10.4 Å². The minimum Gasteiger partial charge on any atom is -0.394 e. The fourth-order valence-corrected chi connectivity index (χ4v) is 3.15. The van der Waals surface area contributed by atoms with Gasteiger partial charge in [-0.15, -0.1) is 0 Å². The monoisotopic (exact) mass is 444 g/mol. The first-order chi connectivity index (χ1) is 14.8. The average Bonchev–Trinajstić information content (AvgIpc) is 2.76. The fourth-order valence-electron chi connectivity index (χ4n) is 2.67. The number of hydrazine groups is 1. The predicted molar refractivity (Wildman–Crippen MR) is 118 cm³/mol. The molecule has 3 aromatic rings. The van der Waals surface area contributed by atoms with Gasteiger partial charge in [0.2, 0.25) is 5.95 Å². The van der Waals surface area contributed by atoms with E-state index in [1.54, 1.807) is 24.5 Å². The van der Waals surface area contributed by atoms with Gasteiger partial charge in [-0.1, -0.05) is 13.8 Å². The number of aliphatic hydroxyl groups excluding tert-OH is 1. The summed E-state index contributed by atoms with van der Waals surface area (Å²) in [7, 11) is -4.25. The van der Waals surface area contributed by atoms with Crippen molar-refractivity contribution in [1.29, 1.82) is 0 Å². The lowest BCUT2D eigenvalue weighted by Crippen LogP contribution is -2.30. The number of aromatic nitrogens is 3. The molecule has 3 rings (SSSR count). The molecule has 0 fully saturated rings. The Hall–Kier alpha value is -3.28. The van der Waals surface area contributed by atoms with Crippen LogP contribution in [0.25, 0.3) is 11.3 Å². The number of aliphatic hydroxyl groups is 1. The third-order valence-electron chi connectivity index (χ3n) is 4.49. The number of nitrogens with zero attached hydrogens (tertiary/aromatic N) is 3. The second kappa shape index (κ2) is 9.69. The Kier molecular flexibility index (Phi) is 7.00. The van der Waals surface area contributed by atoms with Crippen LogP contribution in [0, 0.1) is 5.92 Å². The number of hydrogen-bond acceptors (Lipinski definition) is 9. The van der Waals surface area contributed by atoms with Crippen molar-refractivity contribution in [2.45, 2.75) is 24.8 Å². The van der Waals surface area contributed by atoms with Gasteiger partial charge in [-0.05, 0) is 42.3 Å². The van der Waals surface area contributed by atoms with Gasteiger partial charge in [0.25, 0.3) is 10.1 Å². The fraction of sp³-hybridized carbons (Fsp3) is 0.250. The Balaban J connectivity index is 1.85. The Labute approximate surface area is 180 Å². The molecule has 0 spiro atoms. The van der Waals surface area contributed by atoms with Crippen LogP contribution in [0.2, 0.25) is 0 Å². The zero-order valence-electron chi connectivity index (χ0n) is 17.0. The van der Waals surface area contributed by atoms with Gasteiger partial charge in [0.1, 0.15) is 0 Å². The highest BCUT2D eigenvalue weighted by atomic mass is 32.2. The second-order valence-corrected chi connectivity index (χ2v) is 8.55. The van der Waals surface area contributed by atoms with Crippen molar-refractivity contribution >= 4 is 27.6 Å². The lowest BCUT2D eigenvalue weighted by molar-refractivity contribution is 0.248. The van der Waals surface area contributed by atoms with Crippen LogP contribution in [0.3, 0.4) is 0 Å². The van der Waals surface area contributed by atoms with Crippen LogP contribution in [0.15, 0.2) is 59.8 Å². The van der Waals surface area contributed by atoms with Crippen LogP contribution in [0.5, 0.6) is 0 Å². The Bertz CT molecular complexity index is 1110. The molecule has 10 nitrogen and oxygen atoms in total. The van der Waals surface area contributed by atoms with E-state index >= 15 is 0 Å². The molecule has 0 unspecified atom stereocenters. The summed E-state index contributed by atoms with van der Waals surface area (Å²) < 4.78 is 31.4. The summed E-state index contributed by atoms with van der Waals surface area (Å²) in [6, 6.07) is 10.7. The van der Waals surface area contributed by atoms with Crippen LogP contribution in [0.1, 0.15) is 13.8 Å². The summed E-state index contributed by atoms with van der Waals surface area (Å²) >= 11 is 0. The molecule has 0 aliphatic heterocycles. The molecule has 2 heterocycles. The third kappa shape index (κ3) is 6.10. The number of benzene rings is 1. The van der Waals surface area contributed by atoms with Crippen molar-refractivity contribution in [3.8, 4) is 11.3 Å². The first-order valence-corrected chi connectivity index (χ1v) is 11.0. The van der Waals surface area contributed by atoms with Gasteiger partial charge in [-0.25, -0.2) is 4.98 Å². The van der Waals surface area contributed by atoms with E-state index in [4.69, 9.17) is 4.55 Å². The van der Waals surface area contributed by atoms with Gasteiger partial charge in [0.05, 0.1) is 28.9 Å². The molecule has 0 aliphatic carbocycles. The zero-order chi connectivity index (χ0) is 22.4. The minimum atomic E-state index is -4.25. The normalized spacial score (nSPS) is 12.4. The highest BCUT2D eigenvalue weighted by Crippen LogP contribution is 2.22. The number of nitrogens with one attached hydrogen (secondary N) is 3. The molecule has 164 valence electrons. The third-order valence-corrected chi connectivity index (χ3v) is 5.35. The Morgan fingerprint density at radius 1 is 1.06 bits per heavy atom. The molecule has 0 aliphatic rings. The van der Waals surface area contributed by atoms with Crippen molar-refractivity contribution in [2.75, 3.05) is 22.8 Å². The van der Waals surface area contributed by atoms with E-state index in [0.717, 1.165) is 5.56 Å². The predicted octanol–water partition coefficient (Wildman–Crippen LogP) is 2.65. The van der Waals surface area contributed by atoms with Crippen LogP contribution >= 0.6 is 0 Å². The van der Waals surface area contributed by atoms with Crippen LogP contribution < -0.4 is 16.2 Å². The van der Waals surface area contributed by atoms with Gasteiger partial charge in [0, 0.05) is 24.0 Å². The highest BCUT2D eigenvalue weighted by Gasteiger charge is 2.15. The number of hydrogen-bond donors (Lipinski definition) is 5. The lowest BCUT2D eigenvalue weighted by atomic mass is 10.1. The molecule has 0 bridgehead atoms. The summed E-state index contributed by atoms with van der Waals surface area (Å²) in [5.41, 5.74) is 7.85. The maximum atomic E-state index is 11.2. The standard InChI is InChI=1S/C20H24N6O4S/c1-13(2)18(12-27)23-20-22-17(14-4-3-9-21-11-14)10-19(24-20)26-25-15-5-7-16(8-6-15)31(28,29)30/h3-11,13,18,25,27H,12H2,1-2H3,(H,28,29,30)(H2,22,23,24,26)/t18-/m1/s1. The Morgan fingerprint density at radius 3 is 2.39 bits per heavy atom. The first kappa shape index (κ1) is 22.4. The molecule has 5 N–H and O–H groups in total. The Morgan fingerprint density at radius 2 is 1.81 bits per heavy atom. The summed E-state index contributed by atoms with van der Waals surface area (Å²) in [6.07, 6.45) is 3.35. The maximum absolute atomic E-state index is 11.2. The molecule has 2 aromatic heterocycles. The zero-order valence-corrected chi connectivity index (χ0v) is 17.8. The molecule has 11 heteroatoms. The lowest BCUT2D eigenvalue weighted by Gasteiger charge is -2.21. The van der Waals surface area contributed by atoms with Crippen molar-refractivity contribution in [1.82, 2.24) is 15.0 Å². The number of rotatable bonds is 9. The first-order valence-electron chi connectivity index (χ1n) is 9.52. The van der Waals surface area contributed by atoms with E-state index < -0.39 is 10.1 Å². The van der Waals surface area contributed by atoms with E-state index in [0.29, 0.717) is 23.1 Å². The highest BCUT2D eigenvalue weighted by molar-refractivity contribution is 7.85. The van der Waals surface area contributed by atoms with Gasteiger partial charge >= 0.3 is 0 Å². The van der Waals surface area contributed by atoms with E-state index in [-0.39, 0.29) is 23.5 Å². The molecule has 0 radical (unpaired) electrons. The van der Waals surface area contributed by atoms with Crippen molar-refractivity contribution in [3.05, 3.63) is 54.9 Å². The molecule has 0 amide bonds. The molecule has 1 atom stereocenters. The quantitative estimate of drug-likeness (QED) is 0.246. The van der Waals surface area contributed by atoms with E-state index in [1.165, 1.54) is 24.3 Å². The molecule has 1 aromatic carbocycles. The van der Waals surface area contributed by atoms with Gasteiger partial charge in [0.15, 0.2) is 5.82 Å². The van der Waals surface area contributed by atoms with E-state index in [1.807, 2.05) is 19.9 Å². The summed E-state index contributed by atoms with van der Waals surface area (Å²) in [4.78, 5) is 12.9. The smallest absolute Gasteiger partial charge is 0.294 e.